The highest BCUT2D eigenvalue weighted by atomic mass is 32.5. The van der Waals surface area contributed by atoms with Crippen molar-refractivity contribution in [3.8, 4) is 5.88 Å². The summed E-state index contributed by atoms with van der Waals surface area (Å²) in [5.41, 5.74) is 0.698. The van der Waals surface area contributed by atoms with Crippen molar-refractivity contribution in [2.75, 3.05) is 27.4 Å². The van der Waals surface area contributed by atoms with Crippen molar-refractivity contribution in [2.24, 2.45) is 0 Å². The third kappa shape index (κ3) is 6.34. The lowest BCUT2D eigenvalue weighted by Crippen LogP contribution is -2.17. The summed E-state index contributed by atoms with van der Waals surface area (Å²) < 4.78 is 21.5. The number of methoxy groups -OCH3 is 2. The number of nitrogens with zero attached hydrogens (tertiary/aromatic N) is 2. The van der Waals surface area contributed by atoms with E-state index in [4.69, 9.17) is 30.3 Å². The summed E-state index contributed by atoms with van der Waals surface area (Å²) in [6, 6.07) is 1.69. The van der Waals surface area contributed by atoms with Crippen LogP contribution in [0.1, 0.15) is 25.4 Å². The molecule has 1 N–H and O–H groups in total. The van der Waals surface area contributed by atoms with E-state index in [9.17, 15) is 0 Å². The fraction of sp³-hybridized carbons (Fsp3) is 0.667. The molecule has 0 aliphatic heterocycles. The van der Waals surface area contributed by atoms with Gasteiger partial charge in [0.05, 0.1) is 18.9 Å². The van der Waals surface area contributed by atoms with Gasteiger partial charge in [0.15, 0.2) is 5.82 Å². The molecule has 1 aromatic rings. The molecular formula is C12H22N3O4PS. The number of nitrogens with one attached hydrogen (secondary N) is 1. The van der Waals surface area contributed by atoms with Gasteiger partial charge in [-0.1, -0.05) is 6.92 Å². The Balaban J connectivity index is 3.00. The lowest BCUT2D eigenvalue weighted by atomic mass is 10.4. The van der Waals surface area contributed by atoms with Crippen LogP contribution in [-0.2, 0) is 39.0 Å². The molecule has 1 unspecified atom stereocenters. The number of hydrogen-bond acceptors (Lipinski definition) is 7. The van der Waals surface area contributed by atoms with E-state index in [0.29, 0.717) is 37.2 Å². The van der Waals surface area contributed by atoms with Crippen LogP contribution < -0.4 is 9.61 Å². The first-order chi connectivity index (χ1) is 10.1. The Labute approximate surface area is 130 Å². The Morgan fingerprint density at radius 2 is 1.90 bits per heavy atom. The molecule has 0 fully saturated rings. The third-order valence-corrected chi connectivity index (χ3v) is 4.89. The number of hydrogen-bond donors (Lipinski definition) is 1. The van der Waals surface area contributed by atoms with Gasteiger partial charge in [0.25, 0.3) is 0 Å². The van der Waals surface area contributed by atoms with Crippen molar-refractivity contribution >= 4 is 18.4 Å². The molecule has 1 heterocycles. The molecule has 1 rings (SSSR count). The van der Waals surface area contributed by atoms with Gasteiger partial charge < -0.3 is 18.5 Å². The highest BCUT2D eigenvalue weighted by Crippen LogP contribution is 2.43. The third-order valence-electron chi connectivity index (χ3n) is 2.23. The summed E-state index contributed by atoms with van der Waals surface area (Å²) in [6.07, 6.45) is 0. The first kappa shape index (κ1) is 18.4. The standard InChI is InChI=1S/C12H22N3O4PS/c1-5-13-20(21,18-6-2)19-12-7-10(8-16-3)14-11(15-12)9-17-4/h7H,5-6,8-9H2,1-4H3,(H,13,21). The molecule has 120 valence electrons. The highest BCUT2D eigenvalue weighted by Gasteiger charge is 2.20. The molecule has 1 atom stereocenters. The van der Waals surface area contributed by atoms with Gasteiger partial charge in [0.1, 0.15) is 6.61 Å². The van der Waals surface area contributed by atoms with Crippen molar-refractivity contribution in [3.05, 3.63) is 17.6 Å². The van der Waals surface area contributed by atoms with Crippen LogP contribution in [-0.4, -0.2) is 37.3 Å². The molecule has 0 bridgehead atoms. The summed E-state index contributed by atoms with van der Waals surface area (Å²) in [5, 5.41) is 3.07. The van der Waals surface area contributed by atoms with Gasteiger partial charge in [-0.3, -0.25) is 0 Å². The zero-order valence-corrected chi connectivity index (χ0v) is 14.5. The maximum atomic E-state index is 5.79. The zero-order chi connectivity index (χ0) is 15.7. The molecule has 9 heteroatoms. The topological polar surface area (TPSA) is 74.7 Å². The maximum absolute atomic E-state index is 5.79. The van der Waals surface area contributed by atoms with Crippen LogP contribution in [0.3, 0.4) is 0 Å². The first-order valence-electron chi connectivity index (χ1n) is 6.60. The summed E-state index contributed by atoms with van der Waals surface area (Å²) in [7, 11) is 3.18. The van der Waals surface area contributed by atoms with E-state index in [1.54, 1.807) is 20.3 Å². The molecule has 0 saturated heterocycles. The van der Waals surface area contributed by atoms with Gasteiger partial charge in [0.2, 0.25) is 5.88 Å². The Morgan fingerprint density at radius 3 is 2.48 bits per heavy atom. The zero-order valence-electron chi connectivity index (χ0n) is 12.8. The van der Waals surface area contributed by atoms with Gasteiger partial charge in [-0.15, -0.1) is 0 Å². The van der Waals surface area contributed by atoms with Crippen molar-refractivity contribution < 1.29 is 18.5 Å². The van der Waals surface area contributed by atoms with E-state index in [1.807, 2.05) is 13.8 Å². The van der Waals surface area contributed by atoms with Gasteiger partial charge in [-0.2, -0.15) is 4.98 Å². The van der Waals surface area contributed by atoms with E-state index in [-0.39, 0.29) is 6.61 Å². The minimum Gasteiger partial charge on any atom is -0.414 e. The van der Waals surface area contributed by atoms with Crippen molar-refractivity contribution in [1.29, 1.82) is 0 Å². The number of rotatable bonds is 10. The molecule has 21 heavy (non-hydrogen) atoms. The minimum atomic E-state index is -2.61. The predicted molar refractivity (Wildman–Crippen MR) is 83.7 cm³/mol. The van der Waals surface area contributed by atoms with E-state index < -0.39 is 6.64 Å². The smallest absolute Gasteiger partial charge is 0.314 e. The molecule has 0 radical (unpaired) electrons. The molecule has 0 aliphatic carbocycles. The highest BCUT2D eigenvalue weighted by molar-refractivity contribution is 8.09. The second-order valence-electron chi connectivity index (χ2n) is 4.00. The number of ether oxygens (including phenoxy) is 2. The molecule has 0 spiro atoms. The van der Waals surface area contributed by atoms with Crippen molar-refractivity contribution in [1.82, 2.24) is 15.1 Å². The van der Waals surface area contributed by atoms with Gasteiger partial charge in [-0.05, 0) is 18.7 Å². The summed E-state index contributed by atoms with van der Waals surface area (Å²) in [4.78, 5) is 8.59. The van der Waals surface area contributed by atoms with Crippen LogP contribution in [0.15, 0.2) is 6.07 Å². The van der Waals surface area contributed by atoms with E-state index in [1.165, 1.54) is 0 Å². The molecule has 0 aliphatic rings. The fourth-order valence-corrected chi connectivity index (χ4v) is 3.79. The van der Waals surface area contributed by atoms with Gasteiger partial charge in [-0.25, -0.2) is 10.1 Å². The molecule has 0 saturated carbocycles. The second kappa shape index (κ2) is 9.40. The van der Waals surface area contributed by atoms with Gasteiger partial charge >= 0.3 is 6.64 Å². The largest absolute Gasteiger partial charge is 0.414 e. The molecule has 1 aromatic heterocycles. The van der Waals surface area contributed by atoms with Crippen LogP contribution in [0.2, 0.25) is 0 Å². The summed E-state index contributed by atoms with van der Waals surface area (Å²) in [5.74, 6) is 0.874. The Bertz CT molecular complexity index is 455. The average Bonchev–Trinajstić information content (AvgIpc) is 2.39. The fourth-order valence-electron chi connectivity index (χ4n) is 1.58. The van der Waals surface area contributed by atoms with Crippen molar-refractivity contribution in [3.63, 3.8) is 0 Å². The average molecular weight is 335 g/mol. The lowest BCUT2D eigenvalue weighted by molar-refractivity contribution is 0.169. The van der Waals surface area contributed by atoms with Crippen molar-refractivity contribution in [2.45, 2.75) is 27.1 Å². The van der Waals surface area contributed by atoms with Crippen LogP contribution in [0.5, 0.6) is 5.88 Å². The molecule has 0 amide bonds. The maximum Gasteiger partial charge on any atom is 0.314 e. The van der Waals surface area contributed by atoms with E-state index in [0.717, 1.165) is 0 Å². The van der Waals surface area contributed by atoms with Crippen LogP contribution in [0, 0.1) is 0 Å². The summed E-state index contributed by atoms with van der Waals surface area (Å²) >= 11 is 5.43. The predicted octanol–water partition coefficient (Wildman–Crippen LogP) is 2.02. The number of aromatic nitrogens is 2. The SMILES string of the molecule is CCNP(=S)(OCC)Oc1cc(COC)nc(COC)n1. The molecule has 7 nitrogen and oxygen atoms in total. The quantitative estimate of drug-likeness (QED) is 0.651. The van der Waals surface area contributed by atoms with E-state index in [2.05, 4.69) is 15.1 Å². The van der Waals surface area contributed by atoms with Crippen LogP contribution in [0.4, 0.5) is 0 Å². The van der Waals surface area contributed by atoms with Gasteiger partial charge in [0, 0.05) is 26.8 Å². The normalized spacial score (nSPS) is 13.9. The lowest BCUT2D eigenvalue weighted by Gasteiger charge is -2.22. The Kier molecular flexibility index (Phi) is 8.24. The Morgan fingerprint density at radius 1 is 1.19 bits per heavy atom. The van der Waals surface area contributed by atoms with E-state index >= 15 is 0 Å². The molecular weight excluding hydrogens is 313 g/mol. The molecule has 0 aromatic carbocycles. The first-order valence-corrected chi connectivity index (χ1v) is 9.24. The monoisotopic (exact) mass is 335 g/mol. The van der Waals surface area contributed by atoms with Crippen LogP contribution in [0.25, 0.3) is 0 Å². The van der Waals surface area contributed by atoms with Crippen LogP contribution >= 0.6 is 6.64 Å². The minimum absolute atomic E-state index is 0.284. The summed E-state index contributed by atoms with van der Waals surface area (Å²) in [6.45, 7) is 2.96. The second-order valence-corrected chi connectivity index (χ2v) is 7.19. The Hall–Kier alpha value is -0.630.